The van der Waals surface area contributed by atoms with Gasteiger partial charge in [0.1, 0.15) is 13.2 Å². The van der Waals surface area contributed by atoms with Gasteiger partial charge in [0.05, 0.1) is 0 Å². The number of ether oxygens (including phenoxy) is 3. The quantitative estimate of drug-likeness (QED) is 0.0261. The smallest absolute Gasteiger partial charge is 0.306 e. The fraction of sp³-hybridized carbons (Fsp3) is 0.770. The summed E-state index contributed by atoms with van der Waals surface area (Å²) in [5.74, 6) is -0.870. The van der Waals surface area contributed by atoms with Crippen LogP contribution in [0.1, 0.15) is 348 Å². The van der Waals surface area contributed by atoms with Crippen molar-refractivity contribution in [1.82, 2.24) is 0 Å². The van der Waals surface area contributed by atoms with Gasteiger partial charge >= 0.3 is 17.9 Å². The Morgan fingerprint density at radius 1 is 0.263 bits per heavy atom. The van der Waals surface area contributed by atoms with Gasteiger partial charge in [-0.05, 0) is 96.3 Å². The fourth-order valence-corrected chi connectivity index (χ4v) is 9.97. The van der Waals surface area contributed by atoms with Crippen molar-refractivity contribution in [3.8, 4) is 0 Å². The lowest BCUT2D eigenvalue weighted by Crippen LogP contribution is -2.30. The zero-order valence-corrected chi connectivity index (χ0v) is 53.1. The Labute approximate surface area is 496 Å². The summed E-state index contributed by atoms with van der Waals surface area (Å²) in [4.78, 5) is 38.1. The van der Waals surface area contributed by atoms with E-state index in [4.69, 9.17) is 14.2 Å². The van der Waals surface area contributed by atoms with E-state index in [1.165, 1.54) is 212 Å². The van der Waals surface area contributed by atoms with Crippen molar-refractivity contribution in [3.05, 3.63) is 85.1 Å². The SMILES string of the molecule is CC/C=C\C/C=C\C/C=C\C/C=C\C/C=C\C/C=C\CCCCCCCCCCCCCCC(=O)OCC(COC(=O)CCCCCCCC)OC(=O)CCCCCCCCCCCCCCC/C=C\CCCCCCCCCC. The molecule has 0 saturated heterocycles. The number of hydrogen-bond donors (Lipinski definition) is 0. The van der Waals surface area contributed by atoms with Gasteiger partial charge in [-0.25, -0.2) is 0 Å². The van der Waals surface area contributed by atoms with Crippen molar-refractivity contribution in [2.24, 2.45) is 0 Å². The molecule has 0 aromatic rings. The first-order valence-electron chi connectivity index (χ1n) is 34.6. The molecule has 80 heavy (non-hydrogen) atoms. The van der Waals surface area contributed by atoms with E-state index in [9.17, 15) is 14.4 Å². The van der Waals surface area contributed by atoms with Crippen LogP contribution in [0.15, 0.2) is 85.1 Å². The molecule has 0 aliphatic carbocycles. The predicted octanol–water partition coefficient (Wildman–Crippen LogP) is 23.8. The van der Waals surface area contributed by atoms with Crippen LogP contribution in [0.2, 0.25) is 0 Å². The summed E-state index contributed by atoms with van der Waals surface area (Å²) in [6, 6.07) is 0. The fourth-order valence-electron chi connectivity index (χ4n) is 9.97. The second-order valence-electron chi connectivity index (χ2n) is 23.1. The molecule has 0 aliphatic heterocycles. The van der Waals surface area contributed by atoms with Crippen LogP contribution < -0.4 is 0 Å². The lowest BCUT2D eigenvalue weighted by Gasteiger charge is -2.18. The van der Waals surface area contributed by atoms with Crippen LogP contribution in [0.4, 0.5) is 0 Å². The second-order valence-corrected chi connectivity index (χ2v) is 23.1. The molecule has 462 valence electrons. The molecule has 0 aromatic heterocycles. The largest absolute Gasteiger partial charge is 0.462 e. The van der Waals surface area contributed by atoms with Crippen LogP contribution in [0.5, 0.6) is 0 Å². The molecule has 0 bridgehead atoms. The van der Waals surface area contributed by atoms with E-state index in [2.05, 4.69) is 106 Å². The molecule has 0 radical (unpaired) electrons. The minimum Gasteiger partial charge on any atom is -0.462 e. The van der Waals surface area contributed by atoms with Crippen molar-refractivity contribution in [2.45, 2.75) is 354 Å². The summed E-state index contributed by atoms with van der Waals surface area (Å²) in [6.45, 7) is 6.51. The van der Waals surface area contributed by atoms with Gasteiger partial charge in [0.25, 0.3) is 0 Å². The van der Waals surface area contributed by atoms with Crippen LogP contribution in [0.3, 0.4) is 0 Å². The van der Waals surface area contributed by atoms with Gasteiger partial charge in [0.15, 0.2) is 6.10 Å². The van der Waals surface area contributed by atoms with Crippen LogP contribution >= 0.6 is 0 Å². The van der Waals surface area contributed by atoms with Gasteiger partial charge in [0.2, 0.25) is 0 Å². The third-order valence-electron chi connectivity index (χ3n) is 15.1. The minimum atomic E-state index is -0.773. The number of rotatable bonds is 63. The number of hydrogen-bond acceptors (Lipinski definition) is 6. The summed E-state index contributed by atoms with van der Waals surface area (Å²) in [5.41, 5.74) is 0. The third-order valence-corrected chi connectivity index (χ3v) is 15.1. The van der Waals surface area contributed by atoms with Gasteiger partial charge in [-0.3, -0.25) is 14.4 Å². The maximum absolute atomic E-state index is 12.9. The van der Waals surface area contributed by atoms with Gasteiger partial charge in [0, 0.05) is 19.3 Å². The van der Waals surface area contributed by atoms with Crippen LogP contribution in [0, 0.1) is 0 Å². The van der Waals surface area contributed by atoms with Crippen molar-refractivity contribution in [2.75, 3.05) is 13.2 Å². The zero-order chi connectivity index (χ0) is 57.8. The Morgan fingerprint density at radius 3 is 0.775 bits per heavy atom. The van der Waals surface area contributed by atoms with E-state index in [1.54, 1.807) is 0 Å². The summed E-state index contributed by atoms with van der Waals surface area (Å²) in [7, 11) is 0. The molecule has 1 atom stereocenters. The zero-order valence-electron chi connectivity index (χ0n) is 53.1. The van der Waals surface area contributed by atoms with Crippen molar-refractivity contribution in [1.29, 1.82) is 0 Å². The first kappa shape index (κ1) is 76.6. The molecular weight excluding hydrogens is 985 g/mol. The van der Waals surface area contributed by atoms with Crippen LogP contribution in [-0.4, -0.2) is 37.2 Å². The van der Waals surface area contributed by atoms with Crippen molar-refractivity contribution >= 4 is 17.9 Å². The van der Waals surface area contributed by atoms with Gasteiger partial charge in [-0.15, -0.1) is 0 Å². The van der Waals surface area contributed by atoms with Gasteiger partial charge in [-0.1, -0.05) is 318 Å². The average Bonchev–Trinajstić information content (AvgIpc) is 3.46. The number of carbonyl (C=O) groups is 3. The van der Waals surface area contributed by atoms with E-state index < -0.39 is 6.10 Å². The molecule has 1 unspecified atom stereocenters. The maximum Gasteiger partial charge on any atom is 0.306 e. The molecular formula is C74H130O6. The lowest BCUT2D eigenvalue weighted by atomic mass is 10.0. The van der Waals surface area contributed by atoms with E-state index in [0.717, 1.165) is 96.3 Å². The topological polar surface area (TPSA) is 78.9 Å². The Balaban J connectivity index is 4.03. The highest BCUT2D eigenvalue weighted by atomic mass is 16.6. The molecule has 0 N–H and O–H groups in total. The maximum atomic E-state index is 12.9. The highest BCUT2D eigenvalue weighted by molar-refractivity contribution is 5.71. The number of carbonyl (C=O) groups excluding carboxylic acids is 3. The Hall–Kier alpha value is -3.41. The van der Waals surface area contributed by atoms with Crippen LogP contribution in [-0.2, 0) is 28.6 Å². The van der Waals surface area contributed by atoms with E-state index >= 15 is 0 Å². The molecule has 0 amide bonds. The van der Waals surface area contributed by atoms with Gasteiger partial charge in [-0.2, -0.15) is 0 Å². The summed E-state index contributed by atoms with van der Waals surface area (Å²) >= 11 is 0. The minimum absolute atomic E-state index is 0.0736. The van der Waals surface area contributed by atoms with Crippen LogP contribution in [0.25, 0.3) is 0 Å². The highest BCUT2D eigenvalue weighted by Crippen LogP contribution is 2.17. The Bertz CT molecular complexity index is 1520. The molecule has 0 saturated carbocycles. The van der Waals surface area contributed by atoms with E-state index in [-0.39, 0.29) is 31.1 Å². The molecule has 0 rings (SSSR count). The Kier molecular flexibility index (Phi) is 65.2. The number of esters is 3. The van der Waals surface area contributed by atoms with Gasteiger partial charge < -0.3 is 14.2 Å². The monoisotopic (exact) mass is 1110 g/mol. The first-order valence-corrected chi connectivity index (χ1v) is 34.6. The first-order chi connectivity index (χ1) is 39.5. The molecule has 0 spiro atoms. The second kappa shape index (κ2) is 68.1. The number of allylic oxidation sites excluding steroid dienone is 14. The summed E-state index contributed by atoms with van der Waals surface area (Å²) in [6.07, 6.45) is 90.8. The Morgan fingerprint density at radius 2 is 0.487 bits per heavy atom. The molecule has 0 aliphatic rings. The summed E-state index contributed by atoms with van der Waals surface area (Å²) in [5, 5.41) is 0. The highest BCUT2D eigenvalue weighted by Gasteiger charge is 2.19. The standard InChI is InChI=1S/C74H130O6/c1-4-7-10-13-16-18-20-22-24-26-28-30-32-34-35-36-37-38-39-41-42-44-46-48-50-52-54-56-58-61-64-67-73(76)79-70-71(69-78-72(75)66-63-60-15-12-9-6-3)80-74(77)68-65-62-59-57-55-53-51-49-47-45-43-40-33-31-29-27-25-23-21-19-17-14-11-8-5-2/h7,10,16,18,22,24,27-30,34-35,37-38,71H,4-6,8-9,11-15,17,19-21,23,25-26,31-33,36,39-70H2,1-3H3/b10-7-,18-16-,24-22-,29-27-,30-28-,35-34-,38-37-. The molecule has 6 nitrogen and oxygen atoms in total. The average molecular weight is 1120 g/mol. The normalized spacial score (nSPS) is 12.6. The molecule has 0 fully saturated rings. The molecule has 0 aromatic carbocycles. The van der Waals surface area contributed by atoms with E-state index in [1.807, 2.05) is 0 Å². The third kappa shape index (κ3) is 65.4. The van der Waals surface area contributed by atoms with Crippen molar-refractivity contribution in [3.63, 3.8) is 0 Å². The lowest BCUT2D eigenvalue weighted by molar-refractivity contribution is -0.167. The van der Waals surface area contributed by atoms with Crippen molar-refractivity contribution < 1.29 is 28.6 Å². The molecule has 0 heterocycles. The molecule has 6 heteroatoms. The number of unbranched alkanes of at least 4 members (excludes halogenated alkanes) is 38. The summed E-state index contributed by atoms with van der Waals surface area (Å²) < 4.78 is 16.8. The van der Waals surface area contributed by atoms with E-state index in [0.29, 0.717) is 19.3 Å². The predicted molar refractivity (Wildman–Crippen MR) is 348 cm³/mol.